The summed E-state index contributed by atoms with van der Waals surface area (Å²) in [7, 11) is 0. The number of nitrogens with one attached hydrogen (secondary N) is 2. The zero-order valence-corrected chi connectivity index (χ0v) is 9.50. The van der Waals surface area contributed by atoms with E-state index in [1.807, 2.05) is 12.1 Å². The third kappa shape index (κ3) is 3.71. The number of hydroxylamine groups is 2. The number of hydrogen-bond donors (Lipinski definition) is 2. The highest BCUT2D eigenvalue weighted by molar-refractivity contribution is 5.71. The molecule has 0 bridgehead atoms. The van der Waals surface area contributed by atoms with Gasteiger partial charge in [0.25, 0.3) is 0 Å². The summed E-state index contributed by atoms with van der Waals surface area (Å²) in [5.41, 5.74) is 4.39. The van der Waals surface area contributed by atoms with Gasteiger partial charge in [-0.25, -0.2) is 4.79 Å². The van der Waals surface area contributed by atoms with E-state index in [-0.39, 0.29) is 0 Å². The Kier molecular flexibility index (Phi) is 4.02. The predicted molar refractivity (Wildman–Crippen MR) is 65.8 cm³/mol. The van der Waals surface area contributed by atoms with Gasteiger partial charge in [-0.2, -0.15) is 11.0 Å². The third-order valence-electron chi connectivity index (χ3n) is 2.01. The molecule has 2 aromatic carbocycles. The van der Waals surface area contributed by atoms with Crippen molar-refractivity contribution in [1.29, 1.82) is 0 Å². The second kappa shape index (κ2) is 6.15. The Bertz CT molecular complexity index is 443. The standard InChI is InChI=1S/C13H12N2O3/c16-13(14-17-11-7-3-1-4-8-11)15-18-12-9-5-2-6-10-12/h1-10H,(H2,14,15,16). The van der Waals surface area contributed by atoms with Crippen LogP contribution in [-0.2, 0) is 0 Å². The number of carbonyl (C=O) groups is 1. The average molecular weight is 244 g/mol. The van der Waals surface area contributed by atoms with E-state index >= 15 is 0 Å². The molecule has 0 aliphatic heterocycles. The van der Waals surface area contributed by atoms with E-state index in [1.165, 1.54) is 0 Å². The first-order chi connectivity index (χ1) is 8.84. The van der Waals surface area contributed by atoms with Gasteiger partial charge in [-0.1, -0.05) is 36.4 Å². The largest absolute Gasteiger partial charge is 0.380 e. The van der Waals surface area contributed by atoms with Gasteiger partial charge >= 0.3 is 6.03 Å². The van der Waals surface area contributed by atoms with Gasteiger partial charge in [0.15, 0.2) is 11.5 Å². The molecule has 2 N–H and O–H groups in total. The Hall–Kier alpha value is -2.69. The Morgan fingerprint density at radius 1 is 0.722 bits per heavy atom. The van der Waals surface area contributed by atoms with Crippen molar-refractivity contribution < 1.29 is 14.5 Å². The molecule has 0 saturated carbocycles. The van der Waals surface area contributed by atoms with Crippen molar-refractivity contribution >= 4 is 6.03 Å². The van der Waals surface area contributed by atoms with Gasteiger partial charge in [-0.05, 0) is 24.3 Å². The molecule has 0 atom stereocenters. The van der Waals surface area contributed by atoms with Gasteiger partial charge in [-0.3, -0.25) is 0 Å². The lowest BCUT2D eigenvalue weighted by atomic mass is 10.3. The van der Waals surface area contributed by atoms with E-state index in [1.54, 1.807) is 48.5 Å². The first-order valence-electron chi connectivity index (χ1n) is 5.34. The van der Waals surface area contributed by atoms with Crippen molar-refractivity contribution in [3.05, 3.63) is 60.7 Å². The molecule has 2 rings (SSSR count). The van der Waals surface area contributed by atoms with Crippen LogP contribution >= 0.6 is 0 Å². The molecule has 0 radical (unpaired) electrons. The first-order valence-corrected chi connectivity index (χ1v) is 5.34. The summed E-state index contributed by atoms with van der Waals surface area (Å²) in [4.78, 5) is 21.3. The number of amides is 2. The van der Waals surface area contributed by atoms with Gasteiger partial charge < -0.3 is 9.68 Å². The molecule has 2 aromatic rings. The van der Waals surface area contributed by atoms with Crippen LogP contribution in [0.2, 0.25) is 0 Å². The molecule has 5 nitrogen and oxygen atoms in total. The van der Waals surface area contributed by atoms with Crippen LogP contribution in [0.1, 0.15) is 0 Å². The number of hydrogen-bond acceptors (Lipinski definition) is 3. The van der Waals surface area contributed by atoms with Crippen LogP contribution in [0.25, 0.3) is 0 Å². The number of benzene rings is 2. The minimum absolute atomic E-state index is 0.535. The molecule has 18 heavy (non-hydrogen) atoms. The highest BCUT2D eigenvalue weighted by atomic mass is 16.7. The molecule has 0 aliphatic rings. The van der Waals surface area contributed by atoms with Crippen LogP contribution in [-0.4, -0.2) is 6.03 Å². The molecule has 92 valence electrons. The fourth-order valence-electron chi connectivity index (χ4n) is 1.21. The normalized spacial score (nSPS) is 9.33. The molecule has 0 fully saturated rings. The Morgan fingerprint density at radius 2 is 1.11 bits per heavy atom. The Balaban J connectivity index is 1.73. The van der Waals surface area contributed by atoms with E-state index in [9.17, 15) is 4.79 Å². The van der Waals surface area contributed by atoms with Crippen LogP contribution in [0.4, 0.5) is 4.79 Å². The molecule has 0 aliphatic carbocycles. The zero-order valence-electron chi connectivity index (χ0n) is 9.50. The lowest BCUT2D eigenvalue weighted by molar-refractivity contribution is 0.135. The average Bonchev–Trinajstić information content (AvgIpc) is 2.45. The van der Waals surface area contributed by atoms with Crippen molar-refractivity contribution in [3.8, 4) is 11.5 Å². The summed E-state index contributed by atoms with van der Waals surface area (Å²) in [5.74, 6) is 1.07. The monoisotopic (exact) mass is 244 g/mol. The SMILES string of the molecule is O=C(NOc1ccccc1)NOc1ccccc1. The zero-order chi connectivity index (χ0) is 12.6. The summed E-state index contributed by atoms with van der Waals surface area (Å²) in [6.07, 6.45) is 0. The van der Waals surface area contributed by atoms with Crippen LogP contribution < -0.4 is 20.6 Å². The molecular weight excluding hydrogens is 232 g/mol. The predicted octanol–water partition coefficient (Wildman–Crippen LogP) is 2.27. The van der Waals surface area contributed by atoms with E-state index in [0.717, 1.165) is 0 Å². The first kappa shape index (κ1) is 11.8. The lowest BCUT2D eigenvalue weighted by Gasteiger charge is -2.08. The van der Waals surface area contributed by atoms with Gasteiger partial charge in [0.2, 0.25) is 0 Å². The second-order valence-corrected chi connectivity index (χ2v) is 3.36. The van der Waals surface area contributed by atoms with Crippen molar-refractivity contribution in [2.24, 2.45) is 0 Å². The summed E-state index contributed by atoms with van der Waals surface area (Å²) < 4.78 is 0. The third-order valence-corrected chi connectivity index (χ3v) is 2.01. The number of carbonyl (C=O) groups excluding carboxylic acids is 1. The van der Waals surface area contributed by atoms with Crippen molar-refractivity contribution in [2.75, 3.05) is 0 Å². The molecule has 0 saturated heterocycles. The van der Waals surface area contributed by atoms with Crippen LogP contribution in [0, 0.1) is 0 Å². The maximum absolute atomic E-state index is 11.3. The summed E-state index contributed by atoms with van der Waals surface area (Å²) >= 11 is 0. The topological polar surface area (TPSA) is 59.6 Å². The molecule has 0 aromatic heterocycles. The number of para-hydroxylation sites is 2. The molecule has 0 spiro atoms. The van der Waals surface area contributed by atoms with Crippen molar-refractivity contribution in [3.63, 3.8) is 0 Å². The number of urea groups is 1. The van der Waals surface area contributed by atoms with Gasteiger partial charge in [0.05, 0.1) is 0 Å². The van der Waals surface area contributed by atoms with Crippen LogP contribution in [0.3, 0.4) is 0 Å². The van der Waals surface area contributed by atoms with E-state index in [0.29, 0.717) is 11.5 Å². The fraction of sp³-hybridized carbons (Fsp3) is 0. The summed E-state index contributed by atoms with van der Waals surface area (Å²) in [6.45, 7) is 0. The number of rotatable bonds is 4. The molecule has 0 heterocycles. The van der Waals surface area contributed by atoms with Gasteiger partial charge in [-0.15, -0.1) is 0 Å². The highest BCUT2D eigenvalue weighted by Crippen LogP contribution is 2.07. The smallest absolute Gasteiger partial charge is 0.378 e. The lowest BCUT2D eigenvalue weighted by Crippen LogP contribution is -2.39. The van der Waals surface area contributed by atoms with Crippen LogP contribution in [0.15, 0.2) is 60.7 Å². The maximum atomic E-state index is 11.3. The van der Waals surface area contributed by atoms with Crippen LogP contribution in [0.5, 0.6) is 11.5 Å². The molecule has 2 amide bonds. The van der Waals surface area contributed by atoms with Gasteiger partial charge in [0, 0.05) is 0 Å². The molecule has 0 unspecified atom stereocenters. The summed E-state index contributed by atoms with van der Waals surface area (Å²) in [6, 6.07) is 17.2. The van der Waals surface area contributed by atoms with Gasteiger partial charge in [0.1, 0.15) is 0 Å². The van der Waals surface area contributed by atoms with E-state index < -0.39 is 6.03 Å². The Labute approximate surface area is 104 Å². The quantitative estimate of drug-likeness (QED) is 0.811. The summed E-state index contributed by atoms with van der Waals surface area (Å²) in [5, 5.41) is 0. The second-order valence-electron chi connectivity index (χ2n) is 3.36. The molecular formula is C13H12N2O3. The molecule has 5 heteroatoms. The van der Waals surface area contributed by atoms with E-state index in [2.05, 4.69) is 11.0 Å². The fourth-order valence-corrected chi connectivity index (χ4v) is 1.21. The maximum Gasteiger partial charge on any atom is 0.380 e. The highest BCUT2D eigenvalue weighted by Gasteiger charge is 2.01. The van der Waals surface area contributed by atoms with E-state index in [4.69, 9.17) is 9.68 Å². The van der Waals surface area contributed by atoms with Crippen molar-refractivity contribution in [2.45, 2.75) is 0 Å². The Morgan fingerprint density at radius 3 is 1.50 bits per heavy atom. The minimum Gasteiger partial charge on any atom is -0.378 e. The van der Waals surface area contributed by atoms with Crippen molar-refractivity contribution in [1.82, 2.24) is 11.0 Å². The minimum atomic E-state index is -0.595.